The lowest BCUT2D eigenvalue weighted by atomic mass is 9.82. The highest BCUT2D eigenvalue weighted by Crippen LogP contribution is 2.39. The maximum atomic E-state index is 15.3. The number of rotatable bonds is 11. The number of aldehydes is 1. The van der Waals surface area contributed by atoms with Crippen molar-refractivity contribution >= 4 is 6.29 Å². The summed E-state index contributed by atoms with van der Waals surface area (Å²) in [6.07, 6.45) is 5.80. The normalized spacial score (nSPS) is 18.8. The number of benzene rings is 2. The standard InChI is InChI=1S/C30H37FN2O3/c1-3-7-28-29(24-8-5-4-6-9-24)30(26-15-10-21(2)16-27(26)31)33(32-28)17-22-11-13-23(14-12-22)20-36-25(18-34)19-35/h4-6,8-10,15-16,18,22-23,25,35H,3,7,11-14,17,19-20H2,1-2H3. The van der Waals surface area contributed by atoms with Crippen molar-refractivity contribution in [1.29, 1.82) is 0 Å². The fourth-order valence-electron chi connectivity index (χ4n) is 5.27. The number of aliphatic hydroxyl groups excluding tert-OH is 1. The van der Waals surface area contributed by atoms with Gasteiger partial charge in [-0.05, 0) is 74.1 Å². The van der Waals surface area contributed by atoms with Gasteiger partial charge in [-0.1, -0.05) is 49.7 Å². The molecule has 1 saturated carbocycles. The Kier molecular flexibility index (Phi) is 9.05. The summed E-state index contributed by atoms with van der Waals surface area (Å²) in [5.41, 5.74) is 5.48. The fraction of sp³-hybridized carbons (Fsp3) is 0.467. The van der Waals surface area contributed by atoms with Gasteiger partial charge in [0.2, 0.25) is 0 Å². The number of carbonyl (C=O) groups is 1. The van der Waals surface area contributed by atoms with Gasteiger partial charge in [0.1, 0.15) is 11.9 Å². The zero-order valence-corrected chi connectivity index (χ0v) is 21.3. The van der Waals surface area contributed by atoms with Crippen LogP contribution >= 0.6 is 0 Å². The molecule has 1 heterocycles. The number of nitrogens with zero attached hydrogens (tertiary/aromatic N) is 2. The molecule has 0 spiro atoms. The molecule has 0 bridgehead atoms. The number of aryl methyl sites for hydroxylation is 2. The van der Waals surface area contributed by atoms with E-state index in [1.165, 1.54) is 0 Å². The van der Waals surface area contributed by atoms with Crippen LogP contribution in [-0.4, -0.2) is 40.5 Å². The number of aliphatic hydroxyl groups is 1. The van der Waals surface area contributed by atoms with Crippen LogP contribution in [0.25, 0.3) is 22.4 Å². The van der Waals surface area contributed by atoms with Crippen LogP contribution in [0.3, 0.4) is 0 Å². The predicted octanol–water partition coefficient (Wildman–Crippen LogP) is 6.00. The van der Waals surface area contributed by atoms with Gasteiger partial charge in [0.05, 0.1) is 24.6 Å². The van der Waals surface area contributed by atoms with Gasteiger partial charge in [-0.2, -0.15) is 5.10 Å². The third kappa shape index (κ3) is 6.11. The molecular weight excluding hydrogens is 455 g/mol. The third-order valence-electron chi connectivity index (χ3n) is 7.23. The first-order chi connectivity index (χ1) is 17.5. The Hall–Kier alpha value is -2.83. The zero-order valence-electron chi connectivity index (χ0n) is 21.3. The highest BCUT2D eigenvalue weighted by molar-refractivity contribution is 5.83. The van der Waals surface area contributed by atoms with Crippen LogP contribution < -0.4 is 0 Å². The molecule has 6 heteroatoms. The first-order valence-electron chi connectivity index (χ1n) is 13.1. The van der Waals surface area contributed by atoms with Gasteiger partial charge in [-0.15, -0.1) is 0 Å². The molecule has 36 heavy (non-hydrogen) atoms. The molecule has 5 nitrogen and oxygen atoms in total. The summed E-state index contributed by atoms with van der Waals surface area (Å²) in [6.45, 7) is 5.02. The maximum absolute atomic E-state index is 15.3. The van der Waals surface area contributed by atoms with Crippen molar-refractivity contribution in [3.63, 3.8) is 0 Å². The molecule has 4 rings (SSSR count). The van der Waals surface area contributed by atoms with Gasteiger partial charge in [-0.3, -0.25) is 4.68 Å². The van der Waals surface area contributed by atoms with Gasteiger partial charge in [-0.25, -0.2) is 4.39 Å². The quantitative estimate of drug-likeness (QED) is 0.334. The maximum Gasteiger partial charge on any atom is 0.151 e. The average Bonchev–Trinajstić information content (AvgIpc) is 3.23. The second kappa shape index (κ2) is 12.4. The molecule has 3 aromatic rings. The summed E-state index contributed by atoms with van der Waals surface area (Å²) < 4.78 is 23.0. The van der Waals surface area contributed by atoms with E-state index in [1.54, 1.807) is 6.07 Å². The summed E-state index contributed by atoms with van der Waals surface area (Å²) >= 11 is 0. The minimum atomic E-state index is -0.729. The highest BCUT2D eigenvalue weighted by atomic mass is 19.1. The van der Waals surface area contributed by atoms with Crippen molar-refractivity contribution < 1.29 is 19.0 Å². The molecule has 1 aromatic heterocycles. The molecule has 1 aliphatic rings. The first-order valence-corrected chi connectivity index (χ1v) is 13.1. The molecule has 1 atom stereocenters. The molecule has 1 aliphatic carbocycles. The lowest BCUT2D eigenvalue weighted by molar-refractivity contribution is -0.121. The molecule has 1 unspecified atom stereocenters. The number of halogens is 1. The SMILES string of the molecule is CCCc1nn(CC2CCC(COC(C=O)CO)CC2)c(-c2ccc(C)cc2F)c1-c1ccccc1. The second-order valence-corrected chi connectivity index (χ2v) is 10.0. The van der Waals surface area contributed by atoms with Crippen LogP contribution in [0.4, 0.5) is 4.39 Å². The van der Waals surface area contributed by atoms with E-state index in [0.717, 1.165) is 73.1 Å². The summed E-state index contributed by atoms with van der Waals surface area (Å²) in [5.74, 6) is 0.606. The van der Waals surface area contributed by atoms with Crippen molar-refractivity contribution in [2.45, 2.75) is 65.0 Å². The largest absolute Gasteiger partial charge is 0.393 e. The summed E-state index contributed by atoms with van der Waals surface area (Å²) in [6, 6.07) is 15.7. The topological polar surface area (TPSA) is 64.4 Å². The van der Waals surface area contributed by atoms with Gasteiger partial charge in [0, 0.05) is 17.7 Å². The minimum absolute atomic E-state index is 0.217. The van der Waals surface area contributed by atoms with E-state index < -0.39 is 6.10 Å². The van der Waals surface area contributed by atoms with Crippen LogP contribution in [0, 0.1) is 24.6 Å². The predicted molar refractivity (Wildman–Crippen MR) is 140 cm³/mol. The van der Waals surface area contributed by atoms with Crippen molar-refractivity contribution in [3.8, 4) is 22.4 Å². The van der Waals surface area contributed by atoms with Crippen molar-refractivity contribution in [2.75, 3.05) is 13.2 Å². The number of hydrogen-bond donors (Lipinski definition) is 1. The zero-order chi connectivity index (χ0) is 25.5. The van der Waals surface area contributed by atoms with E-state index >= 15 is 4.39 Å². The molecule has 1 N–H and O–H groups in total. The average molecular weight is 493 g/mol. The Morgan fingerprint density at radius 2 is 1.86 bits per heavy atom. The number of aromatic nitrogens is 2. The van der Waals surface area contributed by atoms with Crippen molar-refractivity contribution in [1.82, 2.24) is 9.78 Å². The second-order valence-electron chi connectivity index (χ2n) is 10.0. The summed E-state index contributed by atoms with van der Waals surface area (Å²) in [5, 5.41) is 14.2. The molecule has 2 aromatic carbocycles. The molecule has 0 aliphatic heterocycles. The lowest BCUT2D eigenvalue weighted by Gasteiger charge is -2.29. The van der Waals surface area contributed by atoms with E-state index in [9.17, 15) is 4.79 Å². The molecular formula is C30H37FN2O3. The van der Waals surface area contributed by atoms with Crippen molar-refractivity contribution in [3.05, 3.63) is 65.6 Å². The summed E-state index contributed by atoms with van der Waals surface area (Å²) in [7, 11) is 0. The van der Waals surface area contributed by atoms with Crippen LogP contribution in [0.15, 0.2) is 48.5 Å². The minimum Gasteiger partial charge on any atom is -0.393 e. The highest BCUT2D eigenvalue weighted by Gasteiger charge is 2.27. The Balaban J connectivity index is 1.62. The smallest absolute Gasteiger partial charge is 0.151 e. The monoisotopic (exact) mass is 492 g/mol. The first kappa shape index (κ1) is 26.2. The molecule has 0 saturated heterocycles. The van der Waals surface area contributed by atoms with Crippen molar-refractivity contribution in [2.24, 2.45) is 11.8 Å². The van der Waals surface area contributed by atoms with Crippen LogP contribution in [0.5, 0.6) is 0 Å². The molecule has 1 fully saturated rings. The van der Waals surface area contributed by atoms with Crippen LogP contribution in [-0.2, 0) is 22.5 Å². The van der Waals surface area contributed by atoms with Crippen LogP contribution in [0.2, 0.25) is 0 Å². The molecule has 192 valence electrons. The summed E-state index contributed by atoms with van der Waals surface area (Å²) in [4.78, 5) is 10.9. The molecule has 0 amide bonds. The van der Waals surface area contributed by atoms with Gasteiger partial charge < -0.3 is 14.6 Å². The van der Waals surface area contributed by atoms with E-state index in [2.05, 4.69) is 23.7 Å². The molecule has 0 radical (unpaired) electrons. The number of hydrogen-bond acceptors (Lipinski definition) is 4. The van der Waals surface area contributed by atoms with Gasteiger partial charge in [0.15, 0.2) is 6.29 Å². The van der Waals surface area contributed by atoms with E-state index in [1.807, 2.05) is 37.3 Å². The van der Waals surface area contributed by atoms with E-state index in [4.69, 9.17) is 14.9 Å². The Bertz CT molecular complexity index is 1140. The number of carbonyl (C=O) groups excluding carboxylic acids is 1. The Morgan fingerprint density at radius 1 is 1.14 bits per heavy atom. The van der Waals surface area contributed by atoms with Gasteiger partial charge >= 0.3 is 0 Å². The third-order valence-corrected chi connectivity index (χ3v) is 7.23. The van der Waals surface area contributed by atoms with E-state index in [-0.39, 0.29) is 12.4 Å². The Morgan fingerprint density at radius 3 is 2.50 bits per heavy atom. The van der Waals surface area contributed by atoms with Crippen LogP contribution in [0.1, 0.15) is 50.3 Å². The lowest BCUT2D eigenvalue weighted by Crippen LogP contribution is -2.26. The van der Waals surface area contributed by atoms with Gasteiger partial charge in [0.25, 0.3) is 0 Å². The Labute approximate surface area is 213 Å². The number of ether oxygens (including phenoxy) is 1. The van der Waals surface area contributed by atoms with E-state index in [0.29, 0.717) is 30.3 Å². The fourth-order valence-corrected chi connectivity index (χ4v) is 5.27.